The van der Waals surface area contributed by atoms with Gasteiger partial charge in [0.25, 0.3) is 0 Å². The smallest absolute Gasteiger partial charge is 0.241 e. The number of hydrogen-bond acceptors (Lipinski definition) is 4. The molecule has 2 fully saturated rings. The van der Waals surface area contributed by atoms with Gasteiger partial charge in [0.15, 0.2) is 0 Å². The van der Waals surface area contributed by atoms with Gasteiger partial charge in [0.1, 0.15) is 5.75 Å². The molecule has 5 heteroatoms. The third-order valence-corrected chi connectivity index (χ3v) is 4.66. The average Bonchev–Trinajstić information content (AvgIpc) is 3.09. The number of methoxy groups -OCH3 is 1. The molecule has 0 saturated carbocycles. The fourth-order valence-corrected chi connectivity index (χ4v) is 3.64. The van der Waals surface area contributed by atoms with Gasteiger partial charge in [-0.05, 0) is 31.2 Å². The Morgan fingerprint density at radius 2 is 1.90 bits per heavy atom. The second-order valence-corrected chi connectivity index (χ2v) is 5.84. The fourth-order valence-electron chi connectivity index (χ4n) is 3.64. The van der Waals surface area contributed by atoms with E-state index in [9.17, 15) is 9.59 Å². The molecule has 0 unspecified atom stereocenters. The van der Waals surface area contributed by atoms with Gasteiger partial charge >= 0.3 is 0 Å². The molecular formula is C16H15NO4. The highest BCUT2D eigenvalue weighted by atomic mass is 16.5. The van der Waals surface area contributed by atoms with Crippen molar-refractivity contribution in [2.45, 2.75) is 18.6 Å². The molecule has 108 valence electrons. The van der Waals surface area contributed by atoms with Gasteiger partial charge in [-0.25, -0.2) is 4.90 Å². The predicted molar refractivity (Wildman–Crippen MR) is 74.9 cm³/mol. The Hall–Kier alpha value is -2.14. The lowest BCUT2D eigenvalue weighted by atomic mass is 9.78. The minimum atomic E-state index is -0.650. The first-order valence-corrected chi connectivity index (χ1v) is 6.94. The van der Waals surface area contributed by atoms with Crippen LogP contribution < -0.4 is 9.64 Å². The van der Waals surface area contributed by atoms with E-state index in [-0.39, 0.29) is 17.9 Å². The molecule has 2 bridgehead atoms. The van der Waals surface area contributed by atoms with Crippen molar-refractivity contribution in [2.75, 3.05) is 12.0 Å². The van der Waals surface area contributed by atoms with Gasteiger partial charge < -0.3 is 9.47 Å². The summed E-state index contributed by atoms with van der Waals surface area (Å²) in [4.78, 5) is 26.6. The van der Waals surface area contributed by atoms with Gasteiger partial charge in [0.2, 0.25) is 11.8 Å². The molecule has 0 aliphatic carbocycles. The summed E-state index contributed by atoms with van der Waals surface area (Å²) in [6.45, 7) is 1.87. The molecular weight excluding hydrogens is 270 g/mol. The molecule has 0 spiro atoms. The van der Waals surface area contributed by atoms with Crippen LogP contribution in [-0.4, -0.2) is 30.6 Å². The maximum Gasteiger partial charge on any atom is 0.241 e. The number of carbonyl (C=O) groups excluding carboxylic acids is 2. The topological polar surface area (TPSA) is 55.8 Å². The van der Waals surface area contributed by atoms with E-state index in [1.807, 2.05) is 19.1 Å². The first-order chi connectivity index (χ1) is 10.0. The van der Waals surface area contributed by atoms with Gasteiger partial charge in [-0.3, -0.25) is 9.59 Å². The predicted octanol–water partition coefficient (Wildman–Crippen LogP) is 1.53. The first kappa shape index (κ1) is 12.6. The maximum atomic E-state index is 12.7. The molecule has 2 saturated heterocycles. The van der Waals surface area contributed by atoms with Crippen LogP contribution in [0.2, 0.25) is 0 Å². The lowest BCUT2D eigenvalue weighted by Crippen LogP contribution is -2.38. The summed E-state index contributed by atoms with van der Waals surface area (Å²) in [5, 5.41) is 0. The van der Waals surface area contributed by atoms with Crippen LogP contribution in [0.4, 0.5) is 5.69 Å². The lowest BCUT2D eigenvalue weighted by Gasteiger charge is -2.24. The highest BCUT2D eigenvalue weighted by Crippen LogP contribution is 2.52. The molecule has 0 aromatic heterocycles. The number of imide groups is 1. The summed E-state index contributed by atoms with van der Waals surface area (Å²) >= 11 is 0. The van der Waals surface area contributed by atoms with E-state index in [0.29, 0.717) is 11.4 Å². The Morgan fingerprint density at radius 1 is 1.19 bits per heavy atom. The Kier molecular flexibility index (Phi) is 2.37. The molecule has 0 N–H and O–H groups in total. The molecule has 4 atom stereocenters. The van der Waals surface area contributed by atoms with Crippen molar-refractivity contribution in [3.8, 4) is 5.75 Å². The van der Waals surface area contributed by atoms with Crippen LogP contribution in [0.1, 0.15) is 6.92 Å². The number of ether oxygens (including phenoxy) is 2. The second kappa shape index (κ2) is 3.95. The number of rotatable bonds is 2. The van der Waals surface area contributed by atoms with Crippen LogP contribution in [0.15, 0.2) is 36.4 Å². The summed E-state index contributed by atoms with van der Waals surface area (Å²) in [6, 6.07) is 6.95. The minimum absolute atomic E-state index is 0.173. The van der Waals surface area contributed by atoms with Gasteiger partial charge in [0.05, 0.1) is 36.3 Å². The zero-order chi connectivity index (χ0) is 14.8. The normalized spacial score (nSPS) is 36.5. The molecule has 3 aliphatic heterocycles. The monoisotopic (exact) mass is 285 g/mol. The number of benzene rings is 1. The molecule has 1 aromatic rings. The van der Waals surface area contributed by atoms with E-state index in [4.69, 9.17) is 9.47 Å². The van der Waals surface area contributed by atoms with E-state index < -0.39 is 17.4 Å². The molecule has 2 amide bonds. The number of hydrogen-bond donors (Lipinski definition) is 0. The third-order valence-electron chi connectivity index (χ3n) is 4.66. The van der Waals surface area contributed by atoms with Gasteiger partial charge in [-0.2, -0.15) is 0 Å². The van der Waals surface area contributed by atoms with Crippen molar-refractivity contribution < 1.29 is 19.1 Å². The Morgan fingerprint density at radius 3 is 2.52 bits per heavy atom. The van der Waals surface area contributed by atoms with Gasteiger partial charge in [-0.1, -0.05) is 12.2 Å². The molecule has 5 nitrogen and oxygen atoms in total. The number of fused-ring (bicyclic) bond motifs is 5. The standard InChI is InChI=1S/C16H15NO4/c1-16-8-7-11(21-16)12-13(16)15(19)17(14(12)18)9-3-5-10(20-2)6-4-9/h3-8,11-13H,1-2H3/t11-,12-,13-,16+/m1/s1. The van der Waals surface area contributed by atoms with E-state index >= 15 is 0 Å². The highest BCUT2D eigenvalue weighted by Gasteiger charge is 2.65. The number of anilines is 1. The third kappa shape index (κ3) is 1.49. The highest BCUT2D eigenvalue weighted by molar-refractivity contribution is 6.23. The van der Waals surface area contributed by atoms with E-state index in [1.54, 1.807) is 31.4 Å². The summed E-state index contributed by atoms with van der Waals surface area (Å²) < 4.78 is 10.9. The van der Waals surface area contributed by atoms with Crippen LogP contribution in [0.5, 0.6) is 5.75 Å². The first-order valence-electron chi connectivity index (χ1n) is 6.94. The molecule has 21 heavy (non-hydrogen) atoms. The van der Waals surface area contributed by atoms with Gasteiger partial charge in [0, 0.05) is 0 Å². The summed E-state index contributed by atoms with van der Waals surface area (Å²) in [6.07, 6.45) is 3.52. The number of nitrogens with zero attached hydrogens (tertiary/aromatic N) is 1. The number of carbonyl (C=O) groups is 2. The minimum Gasteiger partial charge on any atom is -0.497 e. The fraction of sp³-hybridized carbons (Fsp3) is 0.375. The van der Waals surface area contributed by atoms with Crippen LogP contribution >= 0.6 is 0 Å². The molecule has 3 aliphatic rings. The molecule has 0 radical (unpaired) electrons. The van der Waals surface area contributed by atoms with E-state index in [1.165, 1.54) is 4.90 Å². The van der Waals surface area contributed by atoms with Crippen molar-refractivity contribution in [1.29, 1.82) is 0 Å². The average molecular weight is 285 g/mol. The summed E-state index contributed by atoms with van der Waals surface area (Å²) in [5.74, 6) is -0.468. The van der Waals surface area contributed by atoms with Crippen molar-refractivity contribution in [2.24, 2.45) is 11.8 Å². The molecule has 4 rings (SSSR count). The lowest BCUT2D eigenvalue weighted by molar-refractivity contribution is -0.126. The van der Waals surface area contributed by atoms with Crippen molar-refractivity contribution >= 4 is 17.5 Å². The maximum absolute atomic E-state index is 12.7. The largest absolute Gasteiger partial charge is 0.497 e. The zero-order valence-corrected chi connectivity index (χ0v) is 11.8. The van der Waals surface area contributed by atoms with Crippen molar-refractivity contribution in [1.82, 2.24) is 0 Å². The quantitative estimate of drug-likeness (QED) is 0.611. The molecule has 3 heterocycles. The van der Waals surface area contributed by atoms with Crippen molar-refractivity contribution in [3.05, 3.63) is 36.4 Å². The second-order valence-electron chi connectivity index (χ2n) is 5.84. The van der Waals surface area contributed by atoms with Crippen LogP contribution in [-0.2, 0) is 14.3 Å². The SMILES string of the molecule is COc1ccc(N2C(=O)[C@@H]3[C@H]4C=C[C@](C)(O4)[C@H]3C2=O)cc1. The van der Waals surface area contributed by atoms with E-state index in [0.717, 1.165) is 0 Å². The Bertz CT molecular complexity index is 665. The zero-order valence-electron chi connectivity index (χ0n) is 11.8. The molecule has 1 aromatic carbocycles. The Balaban J connectivity index is 1.72. The van der Waals surface area contributed by atoms with Crippen LogP contribution in [0.25, 0.3) is 0 Å². The summed E-state index contributed by atoms with van der Waals surface area (Å²) in [7, 11) is 1.58. The van der Waals surface area contributed by atoms with Crippen molar-refractivity contribution in [3.63, 3.8) is 0 Å². The van der Waals surface area contributed by atoms with Crippen LogP contribution in [0.3, 0.4) is 0 Å². The number of amides is 2. The summed E-state index contributed by atoms with van der Waals surface area (Å²) in [5.41, 5.74) is -0.0632. The van der Waals surface area contributed by atoms with Gasteiger partial charge in [-0.15, -0.1) is 0 Å². The van der Waals surface area contributed by atoms with Crippen LogP contribution in [0, 0.1) is 11.8 Å². The Labute approximate surface area is 122 Å². The van der Waals surface area contributed by atoms with E-state index in [2.05, 4.69) is 0 Å².